The largest absolute Gasteiger partial charge is 0.478 e. The van der Waals surface area contributed by atoms with Gasteiger partial charge in [-0.2, -0.15) is 15.4 Å². The Morgan fingerprint density at radius 2 is 2.17 bits per heavy atom. The van der Waals surface area contributed by atoms with E-state index in [1.807, 2.05) is 0 Å². The van der Waals surface area contributed by atoms with Crippen LogP contribution >= 0.6 is 0 Å². The Morgan fingerprint density at radius 3 is 2.78 bits per heavy atom. The van der Waals surface area contributed by atoms with Crippen LogP contribution in [-0.4, -0.2) is 32.4 Å². The number of carboxylic acids is 1. The molecular formula is C11H10N4O3. The number of aromatic carboxylic acids is 1. The Labute approximate surface area is 102 Å². The number of rotatable bonds is 3. The number of amides is 1. The first-order chi connectivity index (χ1) is 8.59. The molecule has 1 heterocycles. The number of carboxylic acid groups (broad SMARTS) is 1. The van der Waals surface area contributed by atoms with Crippen molar-refractivity contribution >= 4 is 17.6 Å². The SMILES string of the molecule is Cc1c(NC(=O)c2cn[nH]n2)cccc1C(=O)O. The van der Waals surface area contributed by atoms with Crippen molar-refractivity contribution in [3.8, 4) is 0 Å². The fourth-order valence-corrected chi connectivity index (χ4v) is 1.50. The van der Waals surface area contributed by atoms with Gasteiger partial charge in [-0.25, -0.2) is 4.79 Å². The van der Waals surface area contributed by atoms with Crippen LogP contribution in [0.15, 0.2) is 24.4 Å². The van der Waals surface area contributed by atoms with Crippen LogP contribution in [0.3, 0.4) is 0 Å². The van der Waals surface area contributed by atoms with E-state index in [1.165, 1.54) is 12.3 Å². The number of anilines is 1. The summed E-state index contributed by atoms with van der Waals surface area (Å²) in [5.74, 6) is -1.49. The highest BCUT2D eigenvalue weighted by molar-refractivity contribution is 6.04. The number of nitrogens with zero attached hydrogens (tertiary/aromatic N) is 2. The van der Waals surface area contributed by atoms with E-state index in [0.717, 1.165) is 0 Å². The first-order valence-electron chi connectivity index (χ1n) is 5.09. The first kappa shape index (κ1) is 11.8. The Balaban J connectivity index is 2.27. The van der Waals surface area contributed by atoms with Gasteiger partial charge in [0.25, 0.3) is 5.91 Å². The minimum atomic E-state index is -1.04. The minimum Gasteiger partial charge on any atom is -0.478 e. The van der Waals surface area contributed by atoms with E-state index in [1.54, 1.807) is 19.1 Å². The molecule has 1 aromatic heterocycles. The Bertz CT molecular complexity index is 592. The van der Waals surface area contributed by atoms with Gasteiger partial charge in [0.05, 0.1) is 11.8 Å². The van der Waals surface area contributed by atoms with Crippen LogP contribution < -0.4 is 5.32 Å². The number of carbonyl (C=O) groups excluding carboxylic acids is 1. The quantitative estimate of drug-likeness (QED) is 0.750. The molecule has 0 bridgehead atoms. The highest BCUT2D eigenvalue weighted by atomic mass is 16.4. The maximum atomic E-state index is 11.7. The molecule has 0 atom stereocenters. The van der Waals surface area contributed by atoms with E-state index in [0.29, 0.717) is 11.3 Å². The molecule has 0 saturated carbocycles. The van der Waals surface area contributed by atoms with E-state index in [-0.39, 0.29) is 11.3 Å². The van der Waals surface area contributed by atoms with Crippen molar-refractivity contribution in [1.82, 2.24) is 15.4 Å². The van der Waals surface area contributed by atoms with Crippen LogP contribution in [0.4, 0.5) is 5.69 Å². The summed E-state index contributed by atoms with van der Waals surface area (Å²) < 4.78 is 0. The zero-order chi connectivity index (χ0) is 13.1. The summed E-state index contributed by atoms with van der Waals surface area (Å²) in [5, 5.41) is 21.0. The molecule has 0 aliphatic carbocycles. The molecule has 0 saturated heterocycles. The predicted molar refractivity (Wildman–Crippen MR) is 62.5 cm³/mol. The third-order valence-electron chi connectivity index (χ3n) is 2.46. The number of H-pyrrole nitrogens is 1. The number of benzene rings is 1. The van der Waals surface area contributed by atoms with Gasteiger partial charge >= 0.3 is 5.97 Å². The van der Waals surface area contributed by atoms with Crippen LogP contribution in [0.25, 0.3) is 0 Å². The number of hydrogen-bond acceptors (Lipinski definition) is 4. The van der Waals surface area contributed by atoms with Crippen molar-refractivity contribution in [2.45, 2.75) is 6.92 Å². The smallest absolute Gasteiger partial charge is 0.336 e. The molecule has 18 heavy (non-hydrogen) atoms. The van der Waals surface area contributed by atoms with Gasteiger partial charge < -0.3 is 10.4 Å². The van der Waals surface area contributed by atoms with Gasteiger partial charge in [-0.05, 0) is 24.6 Å². The molecule has 0 unspecified atom stereocenters. The third kappa shape index (κ3) is 2.19. The van der Waals surface area contributed by atoms with Crippen LogP contribution in [-0.2, 0) is 0 Å². The molecular weight excluding hydrogens is 236 g/mol. The standard InChI is InChI=1S/C11H10N4O3/c1-6-7(11(17)18)3-2-4-8(6)13-10(16)9-5-12-15-14-9/h2-5H,1H3,(H,13,16)(H,17,18)(H,12,14,15). The molecule has 92 valence electrons. The Kier molecular flexibility index (Phi) is 3.05. The lowest BCUT2D eigenvalue weighted by Gasteiger charge is -2.08. The van der Waals surface area contributed by atoms with Gasteiger partial charge in [0, 0.05) is 5.69 Å². The highest BCUT2D eigenvalue weighted by Crippen LogP contribution is 2.19. The molecule has 0 aliphatic heterocycles. The zero-order valence-electron chi connectivity index (χ0n) is 9.47. The van der Waals surface area contributed by atoms with Crippen molar-refractivity contribution < 1.29 is 14.7 Å². The number of aromatic nitrogens is 3. The van der Waals surface area contributed by atoms with Crippen molar-refractivity contribution in [3.05, 3.63) is 41.2 Å². The Hall–Kier alpha value is -2.70. The lowest BCUT2D eigenvalue weighted by molar-refractivity contribution is 0.0695. The number of hydrogen-bond donors (Lipinski definition) is 3. The van der Waals surface area contributed by atoms with Crippen LogP contribution in [0.1, 0.15) is 26.4 Å². The van der Waals surface area contributed by atoms with Gasteiger partial charge in [0.2, 0.25) is 0 Å². The fraction of sp³-hybridized carbons (Fsp3) is 0.0909. The molecule has 7 nitrogen and oxygen atoms in total. The summed E-state index contributed by atoms with van der Waals surface area (Å²) in [4.78, 5) is 22.7. The van der Waals surface area contributed by atoms with Crippen LogP contribution in [0.5, 0.6) is 0 Å². The average molecular weight is 246 g/mol. The summed E-state index contributed by atoms with van der Waals surface area (Å²) in [6.07, 6.45) is 1.28. The van der Waals surface area contributed by atoms with E-state index in [9.17, 15) is 9.59 Å². The molecule has 0 radical (unpaired) electrons. The molecule has 7 heteroatoms. The molecule has 0 aliphatic rings. The van der Waals surface area contributed by atoms with Gasteiger partial charge in [-0.15, -0.1) is 0 Å². The van der Waals surface area contributed by atoms with Crippen molar-refractivity contribution in [2.75, 3.05) is 5.32 Å². The molecule has 2 aromatic rings. The molecule has 0 spiro atoms. The van der Waals surface area contributed by atoms with Crippen LogP contribution in [0, 0.1) is 6.92 Å². The number of aromatic amines is 1. The van der Waals surface area contributed by atoms with E-state index in [4.69, 9.17) is 5.11 Å². The second-order valence-corrected chi connectivity index (χ2v) is 3.59. The fourth-order valence-electron chi connectivity index (χ4n) is 1.50. The molecule has 3 N–H and O–H groups in total. The lowest BCUT2D eigenvalue weighted by atomic mass is 10.1. The molecule has 0 fully saturated rings. The summed E-state index contributed by atoms with van der Waals surface area (Å²) in [6.45, 7) is 1.63. The molecule has 1 aromatic carbocycles. The second kappa shape index (κ2) is 4.66. The summed E-state index contributed by atoms with van der Waals surface area (Å²) >= 11 is 0. The van der Waals surface area contributed by atoms with Gasteiger partial charge in [0.15, 0.2) is 5.69 Å². The summed E-state index contributed by atoms with van der Waals surface area (Å²) in [7, 11) is 0. The average Bonchev–Trinajstić information content (AvgIpc) is 2.85. The topological polar surface area (TPSA) is 108 Å². The Morgan fingerprint density at radius 1 is 1.39 bits per heavy atom. The maximum absolute atomic E-state index is 11.7. The van der Waals surface area contributed by atoms with Crippen molar-refractivity contribution in [1.29, 1.82) is 0 Å². The highest BCUT2D eigenvalue weighted by Gasteiger charge is 2.14. The lowest BCUT2D eigenvalue weighted by Crippen LogP contribution is -2.14. The summed E-state index contributed by atoms with van der Waals surface area (Å²) in [6, 6.07) is 4.66. The van der Waals surface area contributed by atoms with Gasteiger partial charge in [-0.3, -0.25) is 4.79 Å². The minimum absolute atomic E-state index is 0.134. The molecule has 1 amide bonds. The normalized spacial score (nSPS) is 10.1. The number of carbonyl (C=O) groups is 2. The van der Waals surface area contributed by atoms with E-state index in [2.05, 4.69) is 20.7 Å². The van der Waals surface area contributed by atoms with E-state index >= 15 is 0 Å². The summed E-state index contributed by atoms with van der Waals surface area (Å²) in [5.41, 5.74) is 1.20. The second-order valence-electron chi connectivity index (χ2n) is 3.59. The first-order valence-corrected chi connectivity index (χ1v) is 5.09. The predicted octanol–water partition coefficient (Wildman–Crippen LogP) is 1.06. The van der Waals surface area contributed by atoms with Crippen molar-refractivity contribution in [2.24, 2.45) is 0 Å². The van der Waals surface area contributed by atoms with Gasteiger partial charge in [0.1, 0.15) is 0 Å². The number of nitrogens with one attached hydrogen (secondary N) is 2. The third-order valence-corrected chi connectivity index (χ3v) is 2.46. The molecule has 2 rings (SSSR count). The van der Waals surface area contributed by atoms with Gasteiger partial charge in [-0.1, -0.05) is 6.07 Å². The maximum Gasteiger partial charge on any atom is 0.336 e. The van der Waals surface area contributed by atoms with E-state index < -0.39 is 11.9 Å². The zero-order valence-corrected chi connectivity index (χ0v) is 9.47. The van der Waals surface area contributed by atoms with Crippen molar-refractivity contribution in [3.63, 3.8) is 0 Å². The van der Waals surface area contributed by atoms with Crippen LogP contribution in [0.2, 0.25) is 0 Å². The monoisotopic (exact) mass is 246 g/mol.